The lowest BCUT2D eigenvalue weighted by molar-refractivity contribution is 0.0697. The molecule has 2 aromatic rings. The molecule has 20 heavy (non-hydrogen) atoms. The molecular weight excluding hydrogens is 250 g/mol. The predicted octanol–water partition coefficient (Wildman–Crippen LogP) is 2.74. The Morgan fingerprint density at radius 1 is 1.20 bits per heavy atom. The fourth-order valence-electron chi connectivity index (χ4n) is 2.55. The van der Waals surface area contributed by atoms with E-state index < -0.39 is 0 Å². The Labute approximate surface area is 119 Å². The van der Waals surface area contributed by atoms with Gasteiger partial charge in [-0.25, -0.2) is 4.68 Å². The molecule has 1 aromatic heterocycles. The van der Waals surface area contributed by atoms with Gasteiger partial charge in [0.2, 0.25) is 0 Å². The summed E-state index contributed by atoms with van der Waals surface area (Å²) >= 11 is 0. The first-order valence-electron chi connectivity index (χ1n) is 7.13. The third-order valence-corrected chi connectivity index (χ3v) is 3.92. The number of para-hydroxylation sites is 1. The van der Waals surface area contributed by atoms with Crippen LogP contribution in [0.5, 0.6) is 0 Å². The largest absolute Gasteiger partial charge is 0.339 e. The minimum atomic E-state index is 0.0964. The lowest BCUT2D eigenvalue weighted by Crippen LogP contribution is -2.37. The van der Waals surface area contributed by atoms with Crippen LogP contribution in [0.3, 0.4) is 0 Å². The van der Waals surface area contributed by atoms with Gasteiger partial charge in [-0.15, -0.1) is 0 Å². The van der Waals surface area contributed by atoms with E-state index in [9.17, 15) is 4.79 Å². The summed E-state index contributed by atoms with van der Waals surface area (Å²) in [4.78, 5) is 14.4. The van der Waals surface area contributed by atoms with Crippen molar-refractivity contribution < 1.29 is 4.79 Å². The minimum absolute atomic E-state index is 0.0964. The predicted molar refractivity (Wildman–Crippen MR) is 77.9 cm³/mol. The number of nitrogens with zero attached hydrogens (tertiary/aromatic N) is 3. The average Bonchev–Trinajstić information content (AvgIpc) is 2.98. The van der Waals surface area contributed by atoms with Gasteiger partial charge in [0, 0.05) is 19.3 Å². The van der Waals surface area contributed by atoms with Gasteiger partial charge in [-0.1, -0.05) is 25.1 Å². The van der Waals surface area contributed by atoms with Crippen LogP contribution in [-0.4, -0.2) is 33.7 Å². The van der Waals surface area contributed by atoms with Gasteiger partial charge in [0.25, 0.3) is 5.91 Å². The van der Waals surface area contributed by atoms with Gasteiger partial charge in [-0.2, -0.15) is 5.10 Å². The molecule has 0 atom stereocenters. The van der Waals surface area contributed by atoms with Gasteiger partial charge in [0.05, 0.1) is 17.4 Å². The summed E-state index contributed by atoms with van der Waals surface area (Å²) < 4.78 is 1.75. The van der Waals surface area contributed by atoms with E-state index in [1.54, 1.807) is 10.9 Å². The van der Waals surface area contributed by atoms with Crippen molar-refractivity contribution in [3.63, 3.8) is 0 Å². The summed E-state index contributed by atoms with van der Waals surface area (Å²) in [5.41, 5.74) is 1.64. The molecule has 3 rings (SSSR count). The molecule has 104 valence electrons. The second-order valence-electron chi connectivity index (χ2n) is 5.48. The van der Waals surface area contributed by atoms with Gasteiger partial charge in [-0.05, 0) is 30.9 Å². The number of benzene rings is 1. The number of carbonyl (C=O) groups excluding carboxylic acids is 1. The van der Waals surface area contributed by atoms with Crippen LogP contribution in [0.1, 0.15) is 30.1 Å². The smallest absolute Gasteiger partial charge is 0.257 e. The summed E-state index contributed by atoms with van der Waals surface area (Å²) in [6.07, 6.45) is 5.67. The number of aromatic nitrogens is 2. The highest BCUT2D eigenvalue weighted by atomic mass is 16.2. The van der Waals surface area contributed by atoms with E-state index in [-0.39, 0.29) is 5.91 Å². The first-order valence-corrected chi connectivity index (χ1v) is 7.13. The fourth-order valence-corrected chi connectivity index (χ4v) is 2.55. The van der Waals surface area contributed by atoms with E-state index in [0.29, 0.717) is 5.56 Å². The molecule has 4 nitrogen and oxygen atoms in total. The number of hydrogen-bond donors (Lipinski definition) is 0. The van der Waals surface area contributed by atoms with Crippen LogP contribution in [0, 0.1) is 5.92 Å². The van der Waals surface area contributed by atoms with E-state index in [1.807, 2.05) is 41.4 Å². The van der Waals surface area contributed by atoms with Gasteiger partial charge < -0.3 is 4.90 Å². The average molecular weight is 269 g/mol. The number of amides is 1. The standard InChI is InChI=1S/C16H19N3O/c1-13-7-9-18(10-8-13)16(20)14-11-17-19(12-14)15-5-3-2-4-6-15/h2-6,11-13H,7-10H2,1H3. The van der Waals surface area contributed by atoms with Crippen molar-refractivity contribution in [3.8, 4) is 5.69 Å². The van der Waals surface area contributed by atoms with Crippen LogP contribution in [-0.2, 0) is 0 Å². The maximum absolute atomic E-state index is 12.4. The second-order valence-corrected chi connectivity index (χ2v) is 5.48. The molecule has 0 saturated carbocycles. The monoisotopic (exact) mass is 269 g/mol. The molecule has 4 heteroatoms. The lowest BCUT2D eigenvalue weighted by Gasteiger charge is -2.29. The van der Waals surface area contributed by atoms with Crippen molar-refractivity contribution in [2.24, 2.45) is 5.92 Å². The highest BCUT2D eigenvalue weighted by molar-refractivity contribution is 5.93. The zero-order chi connectivity index (χ0) is 13.9. The Morgan fingerprint density at radius 2 is 1.90 bits per heavy atom. The van der Waals surface area contributed by atoms with E-state index in [4.69, 9.17) is 0 Å². The van der Waals surface area contributed by atoms with E-state index in [1.165, 1.54) is 0 Å². The van der Waals surface area contributed by atoms with Crippen molar-refractivity contribution in [1.82, 2.24) is 14.7 Å². The minimum Gasteiger partial charge on any atom is -0.339 e. The van der Waals surface area contributed by atoms with Gasteiger partial charge in [0.15, 0.2) is 0 Å². The molecule has 0 spiro atoms. The molecule has 0 bridgehead atoms. The van der Waals surface area contributed by atoms with Crippen LogP contribution < -0.4 is 0 Å². The number of hydrogen-bond acceptors (Lipinski definition) is 2. The van der Waals surface area contributed by atoms with E-state index in [2.05, 4.69) is 12.0 Å². The maximum Gasteiger partial charge on any atom is 0.257 e. The van der Waals surface area contributed by atoms with Crippen molar-refractivity contribution in [1.29, 1.82) is 0 Å². The Bertz CT molecular complexity index is 583. The first kappa shape index (κ1) is 12.9. The molecule has 1 amide bonds. The van der Waals surface area contributed by atoms with Crippen LogP contribution in [0.2, 0.25) is 0 Å². The quantitative estimate of drug-likeness (QED) is 0.840. The van der Waals surface area contributed by atoms with Crippen molar-refractivity contribution in [2.75, 3.05) is 13.1 Å². The summed E-state index contributed by atoms with van der Waals surface area (Å²) in [6.45, 7) is 3.96. The molecule has 1 aliphatic heterocycles. The summed E-state index contributed by atoms with van der Waals surface area (Å²) in [5.74, 6) is 0.824. The van der Waals surface area contributed by atoms with E-state index in [0.717, 1.165) is 37.5 Å². The summed E-state index contributed by atoms with van der Waals surface area (Å²) in [6, 6.07) is 9.84. The molecular formula is C16H19N3O. The summed E-state index contributed by atoms with van der Waals surface area (Å²) in [5, 5.41) is 4.29. The van der Waals surface area contributed by atoms with Crippen molar-refractivity contribution in [2.45, 2.75) is 19.8 Å². The maximum atomic E-state index is 12.4. The third kappa shape index (κ3) is 2.59. The lowest BCUT2D eigenvalue weighted by atomic mass is 9.99. The molecule has 0 radical (unpaired) electrons. The molecule has 1 aliphatic rings. The molecule has 0 unspecified atom stereocenters. The number of likely N-dealkylation sites (tertiary alicyclic amines) is 1. The zero-order valence-electron chi connectivity index (χ0n) is 11.7. The fraction of sp³-hybridized carbons (Fsp3) is 0.375. The topological polar surface area (TPSA) is 38.1 Å². The van der Waals surface area contributed by atoms with Crippen molar-refractivity contribution in [3.05, 3.63) is 48.3 Å². The Hall–Kier alpha value is -2.10. The Kier molecular flexibility index (Phi) is 3.54. The Morgan fingerprint density at radius 3 is 2.60 bits per heavy atom. The van der Waals surface area contributed by atoms with Crippen LogP contribution in [0.25, 0.3) is 5.69 Å². The van der Waals surface area contributed by atoms with Gasteiger partial charge >= 0.3 is 0 Å². The molecule has 1 aromatic carbocycles. The first-order chi connectivity index (χ1) is 9.74. The van der Waals surface area contributed by atoms with Gasteiger partial charge in [0.1, 0.15) is 0 Å². The molecule has 1 saturated heterocycles. The van der Waals surface area contributed by atoms with Crippen LogP contribution in [0.4, 0.5) is 0 Å². The number of rotatable bonds is 2. The van der Waals surface area contributed by atoms with Crippen LogP contribution in [0.15, 0.2) is 42.7 Å². The highest BCUT2D eigenvalue weighted by Crippen LogP contribution is 2.18. The SMILES string of the molecule is CC1CCN(C(=O)c2cnn(-c3ccccc3)c2)CC1. The van der Waals surface area contributed by atoms with Crippen LogP contribution >= 0.6 is 0 Å². The molecule has 0 aliphatic carbocycles. The Balaban J connectivity index is 1.75. The number of carbonyl (C=O) groups is 1. The normalized spacial score (nSPS) is 16.4. The second kappa shape index (κ2) is 5.49. The molecule has 0 N–H and O–H groups in total. The molecule has 2 heterocycles. The van der Waals surface area contributed by atoms with Gasteiger partial charge in [-0.3, -0.25) is 4.79 Å². The highest BCUT2D eigenvalue weighted by Gasteiger charge is 2.22. The molecule has 1 fully saturated rings. The van der Waals surface area contributed by atoms with Crippen molar-refractivity contribution >= 4 is 5.91 Å². The summed E-state index contributed by atoms with van der Waals surface area (Å²) in [7, 11) is 0. The van der Waals surface area contributed by atoms with E-state index >= 15 is 0 Å². The number of piperidine rings is 1. The third-order valence-electron chi connectivity index (χ3n) is 3.92. The zero-order valence-corrected chi connectivity index (χ0v) is 11.7.